The number of hydrogen-bond donors (Lipinski definition) is 2. The number of benzene rings is 2. The Morgan fingerprint density at radius 1 is 0.946 bits per heavy atom. The Hall–Kier alpha value is -4.79. The Kier molecular flexibility index (Phi) is 6.76. The predicted molar refractivity (Wildman–Crippen MR) is 142 cm³/mol. The van der Waals surface area contributed by atoms with Crippen LogP contribution in [-0.2, 0) is 20.1 Å². The minimum Gasteiger partial charge on any atom is -0.378 e. The van der Waals surface area contributed by atoms with Crippen LogP contribution in [0.25, 0.3) is 17.2 Å². The van der Waals surface area contributed by atoms with Crippen LogP contribution < -0.4 is 10.6 Å². The SMILES string of the molecule is Cc1cc(CNC(=O)c2cccc(NCc3nnc(-c4ccncn4)n3C)c2)c(C)n1-c1ccccc1. The summed E-state index contributed by atoms with van der Waals surface area (Å²) in [5.41, 5.74) is 6.56. The first-order chi connectivity index (χ1) is 18.0. The van der Waals surface area contributed by atoms with Crippen LogP contribution in [0, 0.1) is 13.8 Å². The van der Waals surface area contributed by atoms with Gasteiger partial charge >= 0.3 is 0 Å². The molecule has 0 aliphatic heterocycles. The molecule has 186 valence electrons. The molecule has 5 aromatic rings. The summed E-state index contributed by atoms with van der Waals surface area (Å²) in [5, 5.41) is 14.9. The first-order valence-electron chi connectivity index (χ1n) is 12.0. The zero-order chi connectivity index (χ0) is 25.8. The molecular formula is C28H28N8O. The molecular weight excluding hydrogens is 464 g/mol. The van der Waals surface area contributed by atoms with Gasteiger partial charge in [-0.3, -0.25) is 4.79 Å². The molecule has 5 rings (SSSR count). The van der Waals surface area contributed by atoms with Gasteiger partial charge in [0.1, 0.15) is 12.0 Å². The molecule has 2 N–H and O–H groups in total. The first kappa shape index (κ1) is 23.9. The summed E-state index contributed by atoms with van der Waals surface area (Å²) >= 11 is 0. The normalized spacial score (nSPS) is 10.9. The second kappa shape index (κ2) is 10.4. The smallest absolute Gasteiger partial charge is 0.251 e. The van der Waals surface area contributed by atoms with Crippen molar-refractivity contribution >= 4 is 11.6 Å². The van der Waals surface area contributed by atoms with Gasteiger partial charge < -0.3 is 19.8 Å². The molecule has 0 atom stereocenters. The van der Waals surface area contributed by atoms with Crippen molar-refractivity contribution in [2.75, 3.05) is 5.32 Å². The summed E-state index contributed by atoms with van der Waals surface area (Å²) in [6, 6.07) is 21.6. The van der Waals surface area contributed by atoms with Gasteiger partial charge in [-0.2, -0.15) is 0 Å². The largest absolute Gasteiger partial charge is 0.378 e. The summed E-state index contributed by atoms with van der Waals surface area (Å²) in [6.07, 6.45) is 3.16. The number of amides is 1. The molecule has 3 aromatic heterocycles. The predicted octanol–water partition coefficient (Wildman–Crippen LogP) is 4.22. The summed E-state index contributed by atoms with van der Waals surface area (Å²) in [4.78, 5) is 21.1. The van der Waals surface area contributed by atoms with E-state index in [1.807, 2.05) is 54.1 Å². The van der Waals surface area contributed by atoms with Gasteiger partial charge in [-0.15, -0.1) is 10.2 Å². The number of para-hydroxylation sites is 1. The molecule has 0 saturated carbocycles. The fourth-order valence-corrected chi connectivity index (χ4v) is 4.37. The molecule has 0 bridgehead atoms. The van der Waals surface area contributed by atoms with Gasteiger partial charge in [-0.05, 0) is 61.9 Å². The molecule has 0 saturated heterocycles. The minimum absolute atomic E-state index is 0.127. The molecule has 0 unspecified atom stereocenters. The molecule has 9 nitrogen and oxygen atoms in total. The number of carbonyl (C=O) groups is 1. The minimum atomic E-state index is -0.127. The Bertz CT molecular complexity index is 1520. The van der Waals surface area contributed by atoms with Gasteiger partial charge in [0.2, 0.25) is 0 Å². The van der Waals surface area contributed by atoms with E-state index in [9.17, 15) is 4.79 Å². The maximum Gasteiger partial charge on any atom is 0.251 e. The standard InChI is InChI=1S/C28H28N8O/c1-19-14-22(20(2)36(19)24-10-5-4-6-11-24)16-31-28(37)21-8-7-9-23(15-21)30-17-26-33-34-27(35(26)3)25-12-13-29-18-32-25/h4-15,18,30H,16-17H2,1-3H3,(H,31,37). The van der Waals surface area contributed by atoms with E-state index < -0.39 is 0 Å². The number of hydrogen-bond acceptors (Lipinski definition) is 6. The first-order valence-corrected chi connectivity index (χ1v) is 12.0. The Balaban J connectivity index is 1.23. The number of aryl methyl sites for hydroxylation is 1. The molecule has 0 aliphatic rings. The number of nitrogens with one attached hydrogen (secondary N) is 2. The van der Waals surface area contributed by atoms with Crippen molar-refractivity contribution in [2.24, 2.45) is 7.05 Å². The Morgan fingerprint density at radius 3 is 2.57 bits per heavy atom. The fraction of sp³-hybridized carbons (Fsp3) is 0.179. The highest BCUT2D eigenvalue weighted by molar-refractivity contribution is 5.95. The van der Waals surface area contributed by atoms with Crippen LogP contribution in [0.4, 0.5) is 5.69 Å². The van der Waals surface area contributed by atoms with Crippen molar-refractivity contribution in [3.8, 4) is 17.2 Å². The van der Waals surface area contributed by atoms with E-state index in [1.54, 1.807) is 12.3 Å². The van der Waals surface area contributed by atoms with Crippen LogP contribution >= 0.6 is 0 Å². The number of rotatable bonds is 8. The van der Waals surface area contributed by atoms with Crippen LogP contribution in [0.3, 0.4) is 0 Å². The summed E-state index contributed by atoms with van der Waals surface area (Å²) < 4.78 is 4.09. The van der Waals surface area contributed by atoms with Gasteiger partial charge in [0.15, 0.2) is 11.6 Å². The zero-order valence-corrected chi connectivity index (χ0v) is 21.0. The van der Waals surface area contributed by atoms with E-state index in [1.165, 1.54) is 6.33 Å². The van der Waals surface area contributed by atoms with Crippen molar-refractivity contribution in [3.05, 3.63) is 108 Å². The molecule has 3 heterocycles. The molecule has 0 radical (unpaired) electrons. The lowest BCUT2D eigenvalue weighted by atomic mass is 10.1. The zero-order valence-electron chi connectivity index (χ0n) is 21.0. The average molecular weight is 493 g/mol. The van der Waals surface area contributed by atoms with E-state index in [0.717, 1.165) is 34.2 Å². The van der Waals surface area contributed by atoms with Gasteiger partial charge in [-0.1, -0.05) is 24.3 Å². The average Bonchev–Trinajstić information content (AvgIpc) is 3.44. The molecule has 0 aliphatic carbocycles. The van der Waals surface area contributed by atoms with Crippen molar-refractivity contribution in [2.45, 2.75) is 26.9 Å². The summed E-state index contributed by atoms with van der Waals surface area (Å²) in [7, 11) is 1.90. The second-order valence-corrected chi connectivity index (χ2v) is 8.78. The van der Waals surface area contributed by atoms with Crippen molar-refractivity contribution in [1.82, 2.24) is 34.6 Å². The third kappa shape index (κ3) is 5.11. The fourth-order valence-electron chi connectivity index (χ4n) is 4.37. The monoisotopic (exact) mass is 492 g/mol. The number of nitrogens with zero attached hydrogens (tertiary/aromatic N) is 6. The van der Waals surface area contributed by atoms with Gasteiger partial charge in [-0.25, -0.2) is 9.97 Å². The Morgan fingerprint density at radius 2 is 1.78 bits per heavy atom. The molecule has 9 heteroatoms. The maximum absolute atomic E-state index is 12.9. The van der Waals surface area contributed by atoms with E-state index >= 15 is 0 Å². The number of aromatic nitrogens is 6. The van der Waals surface area contributed by atoms with E-state index in [2.05, 4.69) is 67.4 Å². The highest BCUT2D eigenvalue weighted by Crippen LogP contribution is 2.21. The molecule has 1 amide bonds. The van der Waals surface area contributed by atoms with Crippen molar-refractivity contribution < 1.29 is 4.79 Å². The van der Waals surface area contributed by atoms with Crippen molar-refractivity contribution in [1.29, 1.82) is 0 Å². The second-order valence-electron chi connectivity index (χ2n) is 8.78. The van der Waals surface area contributed by atoms with Crippen LogP contribution in [-0.4, -0.2) is 35.2 Å². The van der Waals surface area contributed by atoms with E-state index in [-0.39, 0.29) is 5.91 Å². The van der Waals surface area contributed by atoms with E-state index in [4.69, 9.17) is 0 Å². The lowest BCUT2D eigenvalue weighted by Crippen LogP contribution is -2.23. The van der Waals surface area contributed by atoms with Crippen LogP contribution in [0.1, 0.15) is 33.1 Å². The molecule has 37 heavy (non-hydrogen) atoms. The third-order valence-corrected chi connectivity index (χ3v) is 6.34. The molecule has 2 aromatic carbocycles. The third-order valence-electron chi connectivity index (χ3n) is 6.34. The maximum atomic E-state index is 12.9. The number of carbonyl (C=O) groups excluding carboxylic acids is 1. The lowest BCUT2D eigenvalue weighted by Gasteiger charge is -2.11. The van der Waals surface area contributed by atoms with Crippen molar-refractivity contribution in [3.63, 3.8) is 0 Å². The van der Waals surface area contributed by atoms with Crippen LogP contribution in [0.2, 0.25) is 0 Å². The quantitative estimate of drug-likeness (QED) is 0.336. The molecule has 0 fully saturated rings. The van der Waals surface area contributed by atoms with Gasteiger partial charge in [0, 0.05) is 48.1 Å². The van der Waals surface area contributed by atoms with Gasteiger partial charge in [0.25, 0.3) is 5.91 Å². The van der Waals surface area contributed by atoms with Crippen LogP contribution in [0.15, 0.2) is 79.3 Å². The Labute approximate surface area is 215 Å². The topological polar surface area (TPSA) is 103 Å². The number of anilines is 1. The van der Waals surface area contributed by atoms with Gasteiger partial charge in [0.05, 0.1) is 6.54 Å². The summed E-state index contributed by atoms with van der Waals surface area (Å²) in [5.74, 6) is 1.29. The highest BCUT2D eigenvalue weighted by atomic mass is 16.1. The molecule has 0 spiro atoms. The van der Waals surface area contributed by atoms with Crippen LogP contribution in [0.5, 0.6) is 0 Å². The summed E-state index contributed by atoms with van der Waals surface area (Å²) in [6.45, 7) is 5.06. The lowest BCUT2D eigenvalue weighted by molar-refractivity contribution is 0.0951. The van der Waals surface area contributed by atoms with E-state index in [0.29, 0.717) is 30.2 Å². The highest BCUT2D eigenvalue weighted by Gasteiger charge is 2.14.